The van der Waals surface area contributed by atoms with Gasteiger partial charge in [0.2, 0.25) is 15.9 Å². The Morgan fingerprint density at radius 3 is 2.61 bits per heavy atom. The highest BCUT2D eigenvalue weighted by atomic mass is 32.2. The van der Waals surface area contributed by atoms with Gasteiger partial charge in [-0.05, 0) is 12.0 Å². The van der Waals surface area contributed by atoms with Crippen LogP contribution >= 0.6 is 0 Å². The number of nitrogens with zero attached hydrogens (tertiary/aromatic N) is 5. The molecule has 2 aromatic rings. The highest BCUT2D eigenvalue weighted by Crippen LogP contribution is 2.22. The summed E-state index contributed by atoms with van der Waals surface area (Å²) in [6, 6.07) is 5.13. The molecule has 0 amide bonds. The zero-order valence-corrected chi connectivity index (χ0v) is 16.6. The van der Waals surface area contributed by atoms with Crippen LogP contribution in [0.15, 0.2) is 33.7 Å². The number of nitro groups is 1. The highest BCUT2D eigenvalue weighted by molar-refractivity contribution is 7.89. The van der Waals surface area contributed by atoms with Gasteiger partial charge >= 0.3 is 0 Å². The van der Waals surface area contributed by atoms with Crippen molar-refractivity contribution in [1.82, 2.24) is 19.3 Å². The van der Waals surface area contributed by atoms with Gasteiger partial charge in [0, 0.05) is 44.7 Å². The zero-order chi connectivity index (χ0) is 20.3. The van der Waals surface area contributed by atoms with Gasteiger partial charge in [-0.25, -0.2) is 8.42 Å². The average Bonchev–Trinajstić information content (AvgIpc) is 3.08. The lowest BCUT2D eigenvalue weighted by Gasteiger charge is -2.33. The van der Waals surface area contributed by atoms with E-state index in [0.29, 0.717) is 37.3 Å². The van der Waals surface area contributed by atoms with Crippen LogP contribution in [0.25, 0.3) is 0 Å². The summed E-state index contributed by atoms with van der Waals surface area (Å²) in [7, 11) is -3.77. The van der Waals surface area contributed by atoms with Crippen LogP contribution in [0, 0.1) is 16.0 Å². The molecular formula is C17H23N5O5S. The molecule has 1 fully saturated rings. The van der Waals surface area contributed by atoms with Crippen molar-refractivity contribution in [3.05, 3.63) is 46.1 Å². The minimum Gasteiger partial charge on any atom is -0.338 e. The normalized spacial score (nSPS) is 16.5. The number of sulfonamides is 1. The minimum atomic E-state index is -3.77. The van der Waals surface area contributed by atoms with E-state index in [-0.39, 0.29) is 23.7 Å². The van der Waals surface area contributed by atoms with E-state index in [2.05, 4.69) is 24.0 Å². The van der Waals surface area contributed by atoms with Crippen molar-refractivity contribution in [1.29, 1.82) is 0 Å². The smallest absolute Gasteiger partial charge is 0.270 e. The average molecular weight is 409 g/mol. The van der Waals surface area contributed by atoms with Crippen molar-refractivity contribution in [2.75, 3.05) is 26.2 Å². The SMILES string of the molecule is CC(C)Cc1noc(CN2CCN(S(=O)(=O)c3cccc([N+](=O)[O-])c3)CC2)n1. The van der Waals surface area contributed by atoms with Gasteiger partial charge in [-0.1, -0.05) is 25.1 Å². The molecule has 1 aliphatic rings. The van der Waals surface area contributed by atoms with Gasteiger partial charge in [-0.3, -0.25) is 15.0 Å². The maximum Gasteiger partial charge on any atom is 0.270 e. The predicted molar refractivity (Wildman–Crippen MR) is 100.0 cm³/mol. The van der Waals surface area contributed by atoms with E-state index in [4.69, 9.17) is 4.52 Å². The maximum atomic E-state index is 12.8. The third-order valence-electron chi connectivity index (χ3n) is 4.46. The molecule has 0 saturated carbocycles. The van der Waals surface area contributed by atoms with Gasteiger partial charge in [0.15, 0.2) is 5.82 Å². The van der Waals surface area contributed by atoms with E-state index in [1.165, 1.54) is 22.5 Å². The highest BCUT2D eigenvalue weighted by Gasteiger charge is 2.30. The fraction of sp³-hybridized carbons (Fsp3) is 0.529. The van der Waals surface area contributed by atoms with Crippen molar-refractivity contribution < 1.29 is 17.9 Å². The lowest BCUT2D eigenvalue weighted by Crippen LogP contribution is -2.48. The van der Waals surface area contributed by atoms with Crippen molar-refractivity contribution in [2.24, 2.45) is 5.92 Å². The van der Waals surface area contributed by atoms with Gasteiger partial charge in [-0.2, -0.15) is 9.29 Å². The molecule has 1 aliphatic heterocycles. The summed E-state index contributed by atoms with van der Waals surface area (Å²) >= 11 is 0. The molecule has 152 valence electrons. The third kappa shape index (κ3) is 4.72. The standard InChI is InChI=1S/C17H23N5O5S/c1-13(2)10-16-18-17(27-19-16)12-20-6-8-21(9-7-20)28(25,26)15-5-3-4-14(11-15)22(23)24/h3-5,11,13H,6-10,12H2,1-2H3. The van der Waals surface area contributed by atoms with Gasteiger partial charge in [0.05, 0.1) is 16.4 Å². The summed E-state index contributed by atoms with van der Waals surface area (Å²) in [6.07, 6.45) is 0.749. The zero-order valence-electron chi connectivity index (χ0n) is 15.8. The summed E-state index contributed by atoms with van der Waals surface area (Å²) in [5, 5.41) is 14.9. The first-order valence-corrected chi connectivity index (χ1v) is 10.5. The lowest BCUT2D eigenvalue weighted by molar-refractivity contribution is -0.385. The summed E-state index contributed by atoms with van der Waals surface area (Å²) in [5.41, 5.74) is -0.242. The minimum absolute atomic E-state index is 0.0645. The van der Waals surface area contributed by atoms with E-state index in [1.54, 1.807) is 0 Å². The Kier molecular flexibility index (Phi) is 6.06. The number of rotatable bonds is 7. The summed E-state index contributed by atoms with van der Waals surface area (Å²) in [4.78, 5) is 16.7. The number of aromatic nitrogens is 2. The van der Waals surface area contributed by atoms with Crippen LogP contribution in [0.4, 0.5) is 5.69 Å². The first kappa shape index (κ1) is 20.4. The molecule has 11 heteroatoms. The van der Waals surface area contributed by atoms with E-state index in [0.717, 1.165) is 12.5 Å². The quantitative estimate of drug-likeness (QED) is 0.500. The van der Waals surface area contributed by atoms with Gasteiger partial charge in [0.1, 0.15) is 0 Å². The number of piperazine rings is 1. The number of hydrogen-bond donors (Lipinski definition) is 0. The first-order chi connectivity index (χ1) is 13.3. The van der Waals surface area contributed by atoms with Crippen LogP contribution in [0.5, 0.6) is 0 Å². The van der Waals surface area contributed by atoms with E-state index in [1.807, 2.05) is 4.90 Å². The van der Waals surface area contributed by atoms with E-state index >= 15 is 0 Å². The molecule has 0 aliphatic carbocycles. The number of hydrogen-bond acceptors (Lipinski definition) is 8. The van der Waals surface area contributed by atoms with Crippen LogP contribution < -0.4 is 0 Å². The van der Waals surface area contributed by atoms with E-state index < -0.39 is 14.9 Å². The Morgan fingerprint density at radius 2 is 1.96 bits per heavy atom. The fourth-order valence-corrected chi connectivity index (χ4v) is 4.49. The molecule has 10 nitrogen and oxygen atoms in total. The largest absolute Gasteiger partial charge is 0.338 e. The molecule has 0 unspecified atom stereocenters. The molecular weight excluding hydrogens is 386 g/mol. The van der Waals surface area contributed by atoms with Crippen molar-refractivity contribution in [2.45, 2.75) is 31.7 Å². The van der Waals surface area contributed by atoms with E-state index in [9.17, 15) is 18.5 Å². The Hall–Kier alpha value is -2.37. The van der Waals surface area contributed by atoms with Crippen LogP contribution in [0.3, 0.4) is 0 Å². The van der Waals surface area contributed by atoms with Crippen molar-refractivity contribution in [3.8, 4) is 0 Å². The van der Waals surface area contributed by atoms with Crippen LogP contribution in [-0.2, 0) is 23.0 Å². The Bertz CT molecular complexity index is 935. The predicted octanol–water partition coefficient (Wildman–Crippen LogP) is 1.68. The Morgan fingerprint density at radius 1 is 1.25 bits per heavy atom. The molecule has 0 atom stereocenters. The van der Waals surface area contributed by atoms with Crippen LogP contribution in [0.2, 0.25) is 0 Å². The molecule has 3 rings (SSSR count). The molecule has 1 saturated heterocycles. The summed E-state index contributed by atoms with van der Waals surface area (Å²) in [6.45, 7) is 6.23. The maximum absolute atomic E-state index is 12.8. The molecule has 28 heavy (non-hydrogen) atoms. The second kappa shape index (κ2) is 8.33. The second-order valence-electron chi connectivity index (χ2n) is 7.14. The van der Waals surface area contributed by atoms with Crippen molar-refractivity contribution >= 4 is 15.7 Å². The van der Waals surface area contributed by atoms with Crippen LogP contribution in [0.1, 0.15) is 25.6 Å². The number of non-ortho nitro benzene ring substituents is 1. The Balaban J connectivity index is 1.61. The summed E-state index contributed by atoms with van der Waals surface area (Å²) < 4.78 is 32.2. The number of nitro benzene ring substituents is 1. The summed E-state index contributed by atoms with van der Waals surface area (Å²) in [5.74, 6) is 1.63. The lowest BCUT2D eigenvalue weighted by atomic mass is 10.1. The molecule has 0 spiro atoms. The first-order valence-electron chi connectivity index (χ1n) is 9.04. The van der Waals surface area contributed by atoms with Crippen molar-refractivity contribution in [3.63, 3.8) is 0 Å². The molecule has 0 bridgehead atoms. The number of benzene rings is 1. The second-order valence-corrected chi connectivity index (χ2v) is 9.07. The van der Waals surface area contributed by atoms with Crippen LogP contribution in [-0.4, -0.2) is 58.9 Å². The molecule has 2 heterocycles. The monoisotopic (exact) mass is 409 g/mol. The Labute approximate surface area is 163 Å². The fourth-order valence-electron chi connectivity index (χ4n) is 3.03. The molecule has 1 aromatic heterocycles. The van der Waals surface area contributed by atoms with Gasteiger partial charge < -0.3 is 4.52 Å². The molecule has 1 aromatic carbocycles. The third-order valence-corrected chi connectivity index (χ3v) is 6.35. The topological polar surface area (TPSA) is 123 Å². The molecule has 0 N–H and O–H groups in total. The molecule has 0 radical (unpaired) electrons. The van der Waals surface area contributed by atoms with Gasteiger partial charge in [0.25, 0.3) is 5.69 Å². The van der Waals surface area contributed by atoms with Gasteiger partial charge in [-0.15, -0.1) is 0 Å².